The number of rotatable bonds is 2. The van der Waals surface area contributed by atoms with Crippen LogP contribution < -0.4 is 11.1 Å². The van der Waals surface area contributed by atoms with E-state index in [9.17, 15) is 4.79 Å². The minimum absolute atomic E-state index is 0.221. The molecule has 1 aromatic heterocycles. The van der Waals surface area contributed by atoms with Crippen LogP contribution in [0.1, 0.15) is 15.9 Å². The van der Waals surface area contributed by atoms with Crippen LogP contribution in [0.2, 0.25) is 10.2 Å². The molecule has 0 saturated carbocycles. The number of nitrogens with two attached hydrogens (primary N) is 1. The highest BCUT2D eigenvalue weighted by molar-refractivity contribution is 6.36. The first kappa shape index (κ1) is 13.6. The summed E-state index contributed by atoms with van der Waals surface area (Å²) in [6.07, 6.45) is 1.57. The molecule has 2 rings (SSSR count). The van der Waals surface area contributed by atoms with Crippen molar-refractivity contribution in [1.82, 2.24) is 4.98 Å². The van der Waals surface area contributed by atoms with Gasteiger partial charge in [0.15, 0.2) is 5.15 Å². The molecular formula is C13H11Cl2N3O. The average molecular weight is 296 g/mol. The zero-order chi connectivity index (χ0) is 14.0. The van der Waals surface area contributed by atoms with Gasteiger partial charge in [0.1, 0.15) is 0 Å². The van der Waals surface area contributed by atoms with Crippen LogP contribution in [0.25, 0.3) is 0 Å². The molecule has 0 atom stereocenters. The van der Waals surface area contributed by atoms with Gasteiger partial charge in [0, 0.05) is 11.9 Å². The van der Waals surface area contributed by atoms with Crippen molar-refractivity contribution in [2.75, 3.05) is 11.1 Å². The first-order chi connectivity index (χ1) is 9.00. The van der Waals surface area contributed by atoms with E-state index in [2.05, 4.69) is 10.3 Å². The lowest BCUT2D eigenvalue weighted by atomic mass is 10.1. The minimum Gasteiger partial charge on any atom is -0.398 e. The van der Waals surface area contributed by atoms with Gasteiger partial charge in [-0.15, -0.1) is 0 Å². The van der Waals surface area contributed by atoms with Crippen LogP contribution in [-0.4, -0.2) is 10.9 Å². The summed E-state index contributed by atoms with van der Waals surface area (Å²) in [6, 6.07) is 6.64. The lowest BCUT2D eigenvalue weighted by Gasteiger charge is -2.11. The molecule has 0 fully saturated rings. The zero-order valence-corrected chi connectivity index (χ0v) is 11.6. The SMILES string of the molecule is Cc1ccnc(Cl)c1NC(=O)c1c(N)cccc1Cl. The number of pyridine rings is 1. The van der Waals surface area contributed by atoms with Crippen LogP contribution >= 0.6 is 23.2 Å². The van der Waals surface area contributed by atoms with Crippen LogP contribution in [-0.2, 0) is 0 Å². The van der Waals surface area contributed by atoms with Crippen LogP contribution in [0.4, 0.5) is 11.4 Å². The molecular weight excluding hydrogens is 285 g/mol. The summed E-state index contributed by atoms with van der Waals surface area (Å²) in [7, 11) is 0. The largest absolute Gasteiger partial charge is 0.398 e. The lowest BCUT2D eigenvalue weighted by Crippen LogP contribution is -2.16. The number of nitrogens with zero attached hydrogens (tertiary/aromatic N) is 1. The fraction of sp³-hybridized carbons (Fsp3) is 0.0769. The number of anilines is 2. The summed E-state index contributed by atoms with van der Waals surface area (Å²) in [5.74, 6) is -0.416. The van der Waals surface area contributed by atoms with Crippen LogP contribution in [0.5, 0.6) is 0 Å². The van der Waals surface area contributed by atoms with E-state index in [-0.39, 0.29) is 15.7 Å². The molecule has 1 heterocycles. The highest BCUT2D eigenvalue weighted by Gasteiger charge is 2.16. The standard InChI is InChI=1S/C13H11Cl2N3O/c1-7-5-6-17-12(15)11(7)18-13(19)10-8(14)3-2-4-9(10)16/h2-6H,16H2,1H3,(H,18,19). The molecule has 1 amide bonds. The Kier molecular flexibility index (Phi) is 3.93. The van der Waals surface area contributed by atoms with Crippen molar-refractivity contribution < 1.29 is 4.79 Å². The summed E-state index contributed by atoms with van der Waals surface area (Å²) < 4.78 is 0. The quantitative estimate of drug-likeness (QED) is 0.658. The van der Waals surface area contributed by atoms with Gasteiger partial charge in [-0.2, -0.15) is 0 Å². The number of carbonyl (C=O) groups is 1. The Labute approximate surface area is 120 Å². The molecule has 0 aliphatic carbocycles. The third kappa shape index (κ3) is 2.80. The second kappa shape index (κ2) is 5.47. The Bertz CT molecular complexity index is 603. The Balaban J connectivity index is 2.37. The Morgan fingerprint density at radius 3 is 2.68 bits per heavy atom. The summed E-state index contributed by atoms with van der Waals surface area (Å²) >= 11 is 11.9. The molecule has 0 bridgehead atoms. The monoisotopic (exact) mass is 295 g/mol. The van der Waals surface area contributed by atoms with Gasteiger partial charge in [-0.25, -0.2) is 4.98 Å². The van der Waals surface area contributed by atoms with Gasteiger partial charge < -0.3 is 11.1 Å². The number of benzene rings is 1. The van der Waals surface area contributed by atoms with Crippen molar-refractivity contribution in [3.8, 4) is 0 Å². The van der Waals surface area contributed by atoms with E-state index in [1.54, 1.807) is 30.5 Å². The normalized spacial score (nSPS) is 10.3. The Morgan fingerprint density at radius 2 is 2.05 bits per heavy atom. The molecule has 2 aromatic rings. The maximum atomic E-state index is 12.2. The molecule has 0 spiro atoms. The zero-order valence-electron chi connectivity index (χ0n) is 10.1. The second-order valence-electron chi connectivity index (χ2n) is 3.95. The number of nitrogens with one attached hydrogen (secondary N) is 1. The maximum Gasteiger partial charge on any atom is 0.259 e. The van der Waals surface area contributed by atoms with E-state index < -0.39 is 5.91 Å². The first-order valence-electron chi connectivity index (χ1n) is 5.47. The van der Waals surface area contributed by atoms with Crippen molar-refractivity contribution in [1.29, 1.82) is 0 Å². The third-order valence-electron chi connectivity index (χ3n) is 2.62. The number of amides is 1. The van der Waals surface area contributed by atoms with Crippen LogP contribution in [0.3, 0.4) is 0 Å². The summed E-state index contributed by atoms with van der Waals surface area (Å²) in [5.41, 5.74) is 7.55. The van der Waals surface area contributed by atoms with E-state index in [1.807, 2.05) is 6.92 Å². The third-order valence-corrected chi connectivity index (χ3v) is 3.23. The lowest BCUT2D eigenvalue weighted by molar-refractivity contribution is 0.102. The molecule has 1 aromatic carbocycles. The van der Waals surface area contributed by atoms with E-state index in [4.69, 9.17) is 28.9 Å². The summed E-state index contributed by atoms with van der Waals surface area (Å²) in [4.78, 5) is 16.1. The number of aryl methyl sites for hydroxylation is 1. The van der Waals surface area contributed by atoms with Crippen LogP contribution in [0.15, 0.2) is 30.5 Å². The van der Waals surface area contributed by atoms with Crippen LogP contribution in [0, 0.1) is 6.92 Å². The van der Waals surface area contributed by atoms with Crippen molar-refractivity contribution >= 4 is 40.5 Å². The predicted octanol–water partition coefficient (Wildman–Crippen LogP) is 3.53. The number of aromatic nitrogens is 1. The minimum atomic E-state index is -0.416. The average Bonchev–Trinajstić information content (AvgIpc) is 2.34. The van der Waals surface area contributed by atoms with Gasteiger partial charge in [0.25, 0.3) is 5.91 Å². The molecule has 4 nitrogen and oxygen atoms in total. The number of halogens is 2. The number of carbonyl (C=O) groups excluding carboxylic acids is 1. The van der Waals surface area contributed by atoms with Gasteiger partial charge in [0.05, 0.1) is 16.3 Å². The topological polar surface area (TPSA) is 68.0 Å². The highest BCUT2D eigenvalue weighted by atomic mass is 35.5. The van der Waals surface area contributed by atoms with Crippen molar-refractivity contribution in [2.24, 2.45) is 0 Å². The molecule has 19 heavy (non-hydrogen) atoms. The summed E-state index contributed by atoms with van der Waals surface area (Å²) in [5, 5.41) is 3.19. The molecule has 0 aliphatic rings. The first-order valence-corrected chi connectivity index (χ1v) is 6.22. The Morgan fingerprint density at radius 1 is 1.32 bits per heavy atom. The Hall–Kier alpha value is -1.78. The highest BCUT2D eigenvalue weighted by Crippen LogP contribution is 2.27. The number of hydrogen-bond donors (Lipinski definition) is 2. The van der Waals surface area contributed by atoms with Gasteiger partial charge in [-0.05, 0) is 30.7 Å². The molecule has 0 radical (unpaired) electrons. The van der Waals surface area contributed by atoms with Gasteiger partial charge in [-0.3, -0.25) is 4.79 Å². The van der Waals surface area contributed by atoms with E-state index in [0.717, 1.165) is 5.56 Å². The fourth-order valence-corrected chi connectivity index (χ4v) is 2.15. The van der Waals surface area contributed by atoms with E-state index in [0.29, 0.717) is 11.4 Å². The van der Waals surface area contributed by atoms with Crippen molar-refractivity contribution in [2.45, 2.75) is 6.92 Å². The molecule has 98 valence electrons. The van der Waals surface area contributed by atoms with Gasteiger partial charge in [0.2, 0.25) is 0 Å². The molecule has 6 heteroatoms. The maximum absolute atomic E-state index is 12.2. The molecule has 3 N–H and O–H groups in total. The molecule has 0 saturated heterocycles. The van der Waals surface area contributed by atoms with Crippen molar-refractivity contribution in [3.63, 3.8) is 0 Å². The fourth-order valence-electron chi connectivity index (χ4n) is 1.63. The number of nitrogen functional groups attached to an aromatic ring is 1. The smallest absolute Gasteiger partial charge is 0.259 e. The van der Waals surface area contributed by atoms with E-state index in [1.165, 1.54) is 0 Å². The second-order valence-corrected chi connectivity index (χ2v) is 4.72. The number of hydrogen-bond acceptors (Lipinski definition) is 3. The van der Waals surface area contributed by atoms with Gasteiger partial charge in [-0.1, -0.05) is 29.3 Å². The summed E-state index contributed by atoms with van der Waals surface area (Å²) in [6.45, 7) is 1.82. The van der Waals surface area contributed by atoms with Crippen molar-refractivity contribution in [3.05, 3.63) is 51.8 Å². The van der Waals surface area contributed by atoms with Gasteiger partial charge >= 0.3 is 0 Å². The molecule has 0 unspecified atom stereocenters. The predicted molar refractivity (Wildman–Crippen MR) is 77.8 cm³/mol. The molecule has 0 aliphatic heterocycles. The van der Waals surface area contributed by atoms with E-state index >= 15 is 0 Å².